The summed E-state index contributed by atoms with van der Waals surface area (Å²) < 4.78 is 0. The molecule has 0 heteroatoms. The van der Waals surface area contributed by atoms with Crippen LogP contribution in [0.15, 0.2) is 12.7 Å². The molecule has 1 atom stereocenters. The summed E-state index contributed by atoms with van der Waals surface area (Å²) in [5.41, 5.74) is 0. The molecule has 29 heavy (non-hydrogen) atoms. The molecule has 0 N–H and O–H groups in total. The molecule has 0 aliphatic carbocycles. The number of hydrogen-bond acceptors (Lipinski definition) is 0. The van der Waals surface area contributed by atoms with Crippen LogP contribution in [0.1, 0.15) is 168 Å². The van der Waals surface area contributed by atoms with E-state index in [1.165, 1.54) is 154 Å². The zero-order valence-corrected chi connectivity index (χ0v) is 20.8. The summed E-state index contributed by atoms with van der Waals surface area (Å²) in [6, 6.07) is 0. The van der Waals surface area contributed by atoms with E-state index in [1.54, 1.807) is 0 Å². The van der Waals surface area contributed by atoms with E-state index >= 15 is 0 Å². The molecule has 0 aliphatic rings. The summed E-state index contributed by atoms with van der Waals surface area (Å²) in [5.74, 6) is 1.02. The number of unbranched alkanes of at least 4 members (excludes halogenated alkanes) is 19. The quantitative estimate of drug-likeness (QED) is 0.104. The van der Waals surface area contributed by atoms with Gasteiger partial charge in [-0.05, 0) is 18.8 Å². The van der Waals surface area contributed by atoms with Crippen molar-refractivity contribution in [3.8, 4) is 0 Å². The Kier molecular flexibility index (Phi) is 25.5. The Bertz CT molecular complexity index is 292. The third-order valence-corrected chi connectivity index (χ3v) is 6.81. The summed E-state index contributed by atoms with van der Waals surface area (Å²) >= 11 is 0. The highest BCUT2D eigenvalue weighted by atomic mass is 14.1. The Labute approximate surface area is 186 Å². The molecule has 0 aromatic rings. The second-order valence-electron chi connectivity index (χ2n) is 9.65. The minimum Gasteiger partial charge on any atom is -0.103 e. The van der Waals surface area contributed by atoms with E-state index in [9.17, 15) is 0 Å². The first-order valence-corrected chi connectivity index (χ1v) is 14.0. The summed E-state index contributed by atoms with van der Waals surface area (Å²) in [4.78, 5) is 0. The van der Waals surface area contributed by atoms with Crippen molar-refractivity contribution in [2.24, 2.45) is 5.92 Å². The van der Waals surface area contributed by atoms with Crippen LogP contribution in [0.2, 0.25) is 0 Å². The van der Waals surface area contributed by atoms with Gasteiger partial charge in [0.2, 0.25) is 0 Å². The van der Waals surface area contributed by atoms with Crippen molar-refractivity contribution in [3.63, 3.8) is 0 Å². The molecular formula is C29H58. The maximum absolute atomic E-state index is 3.79. The van der Waals surface area contributed by atoms with Crippen LogP contribution in [-0.2, 0) is 0 Å². The molecule has 0 aromatic heterocycles. The Morgan fingerprint density at radius 1 is 0.483 bits per heavy atom. The van der Waals surface area contributed by atoms with E-state index in [1.807, 2.05) is 0 Å². The Morgan fingerprint density at radius 2 is 0.828 bits per heavy atom. The van der Waals surface area contributed by atoms with Gasteiger partial charge in [0.15, 0.2) is 0 Å². The summed E-state index contributed by atoms with van der Waals surface area (Å²) in [7, 11) is 0. The van der Waals surface area contributed by atoms with Crippen LogP contribution in [0, 0.1) is 5.92 Å². The minimum absolute atomic E-state index is 1.02. The highest BCUT2D eigenvalue weighted by molar-refractivity contribution is 4.65. The predicted octanol–water partition coefficient (Wildman–Crippen LogP) is 11.2. The van der Waals surface area contributed by atoms with Gasteiger partial charge in [0.05, 0.1) is 0 Å². The summed E-state index contributed by atoms with van der Waals surface area (Å²) in [6.07, 6.45) is 36.8. The highest BCUT2D eigenvalue weighted by Gasteiger charge is 2.05. The molecule has 0 saturated heterocycles. The first-order chi connectivity index (χ1) is 14.3. The Hall–Kier alpha value is -0.260. The third-order valence-electron chi connectivity index (χ3n) is 6.81. The van der Waals surface area contributed by atoms with Crippen LogP contribution in [0.5, 0.6) is 0 Å². The third kappa shape index (κ3) is 23.9. The van der Waals surface area contributed by atoms with Crippen molar-refractivity contribution in [1.29, 1.82) is 0 Å². The molecule has 0 rings (SSSR count). The van der Waals surface area contributed by atoms with Gasteiger partial charge in [0.25, 0.3) is 0 Å². The van der Waals surface area contributed by atoms with Gasteiger partial charge >= 0.3 is 0 Å². The van der Waals surface area contributed by atoms with Gasteiger partial charge < -0.3 is 0 Å². The van der Waals surface area contributed by atoms with Crippen LogP contribution in [-0.4, -0.2) is 0 Å². The summed E-state index contributed by atoms with van der Waals surface area (Å²) in [5, 5.41) is 0. The van der Waals surface area contributed by atoms with Crippen molar-refractivity contribution in [2.45, 2.75) is 168 Å². The van der Waals surface area contributed by atoms with E-state index in [0.717, 1.165) is 5.92 Å². The first kappa shape index (κ1) is 28.7. The standard InChI is InChI=1S/C29H58/c1-4-7-9-11-12-13-14-15-16-17-18-19-20-21-22-23-24-26-28-29(6-3)27-25-10-8-5-2/h4,29H,1,5-28H2,2-3H3. The van der Waals surface area contributed by atoms with Crippen LogP contribution in [0.3, 0.4) is 0 Å². The topological polar surface area (TPSA) is 0 Å². The molecule has 174 valence electrons. The van der Waals surface area contributed by atoms with Crippen molar-refractivity contribution in [1.82, 2.24) is 0 Å². The monoisotopic (exact) mass is 406 g/mol. The van der Waals surface area contributed by atoms with Gasteiger partial charge in [0, 0.05) is 0 Å². The number of allylic oxidation sites excluding steroid dienone is 1. The van der Waals surface area contributed by atoms with Crippen molar-refractivity contribution >= 4 is 0 Å². The molecule has 0 spiro atoms. The van der Waals surface area contributed by atoms with Crippen LogP contribution in [0.25, 0.3) is 0 Å². The number of rotatable bonds is 25. The van der Waals surface area contributed by atoms with Crippen LogP contribution in [0.4, 0.5) is 0 Å². The van der Waals surface area contributed by atoms with Gasteiger partial charge in [-0.1, -0.05) is 161 Å². The molecule has 0 saturated carbocycles. The Balaban J connectivity index is 3.16. The van der Waals surface area contributed by atoms with E-state index < -0.39 is 0 Å². The van der Waals surface area contributed by atoms with Gasteiger partial charge in [0.1, 0.15) is 0 Å². The van der Waals surface area contributed by atoms with Crippen molar-refractivity contribution in [2.75, 3.05) is 0 Å². The van der Waals surface area contributed by atoms with Crippen LogP contribution >= 0.6 is 0 Å². The zero-order valence-electron chi connectivity index (χ0n) is 20.8. The maximum Gasteiger partial charge on any atom is -0.0353 e. The smallest absolute Gasteiger partial charge is 0.0353 e. The lowest BCUT2D eigenvalue weighted by Gasteiger charge is -2.14. The van der Waals surface area contributed by atoms with Gasteiger partial charge in [-0.3, -0.25) is 0 Å². The zero-order chi connectivity index (χ0) is 21.3. The van der Waals surface area contributed by atoms with Gasteiger partial charge in [-0.2, -0.15) is 0 Å². The molecule has 0 aromatic carbocycles. The van der Waals surface area contributed by atoms with E-state index in [4.69, 9.17) is 0 Å². The average molecular weight is 407 g/mol. The normalized spacial score (nSPS) is 12.3. The van der Waals surface area contributed by atoms with Gasteiger partial charge in [-0.15, -0.1) is 6.58 Å². The van der Waals surface area contributed by atoms with E-state index in [-0.39, 0.29) is 0 Å². The van der Waals surface area contributed by atoms with Crippen molar-refractivity contribution in [3.05, 3.63) is 12.7 Å². The SMILES string of the molecule is C=CCCCCCCCCCCCCCCCCCCC(CC)CCCCCC. The first-order valence-electron chi connectivity index (χ1n) is 14.0. The van der Waals surface area contributed by atoms with E-state index in [2.05, 4.69) is 26.5 Å². The summed E-state index contributed by atoms with van der Waals surface area (Å²) in [6.45, 7) is 8.50. The fourth-order valence-electron chi connectivity index (χ4n) is 4.61. The molecule has 0 fully saturated rings. The lowest BCUT2D eigenvalue weighted by molar-refractivity contribution is 0.393. The highest BCUT2D eigenvalue weighted by Crippen LogP contribution is 2.21. The minimum atomic E-state index is 1.02. The molecule has 0 bridgehead atoms. The van der Waals surface area contributed by atoms with Crippen LogP contribution < -0.4 is 0 Å². The largest absolute Gasteiger partial charge is 0.103 e. The lowest BCUT2D eigenvalue weighted by Crippen LogP contribution is -1.99. The molecule has 1 unspecified atom stereocenters. The number of hydrogen-bond donors (Lipinski definition) is 0. The molecule has 0 radical (unpaired) electrons. The average Bonchev–Trinajstić information content (AvgIpc) is 2.74. The Morgan fingerprint density at radius 3 is 1.17 bits per heavy atom. The predicted molar refractivity (Wildman–Crippen MR) is 136 cm³/mol. The van der Waals surface area contributed by atoms with Crippen molar-refractivity contribution < 1.29 is 0 Å². The fraction of sp³-hybridized carbons (Fsp3) is 0.931. The second-order valence-corrected chi connectivity index (χ2v) is 9.65. The molecule has 0 amide bonds. The second kappa shape index (κ2) is 25.8. The van der Waals surface area contributed by atoms with E-state index in [0.29, 0.717) is 0 Å². The molecule has 0 aliphatic heterocycles. The fourth-order valence-corrected chi connectivity index (χ4v) is 4.61. The lowest BCUT2D eigenvalue weighted by atomic mass is 9.92. The molecule has 0 nitrogen and oxygen atoms in total. The maximum atomic E-state index is 3.79. The van der Waals surface area contributed by atoms with Gasteiger partial charge in [-0.25, -0.2) is 0 Å². The molecule has 0 heterocycles. The molecular weight excluding hydrogens is 348 g/mol.